The fraction of sp³-hybridized carbons (Fsp3) is 0.619. The van der Waals surface area contributed by atoms with Crippen LogP contribution in [0.3, 0.4) is 0 Å². The van der Waals surface area contributed by atoms with Gasteiger partial charge >= 0.3 is 0 Å². The van der Waals surface area contributed by atoms with Crippen molar-refractivity contribution in [3.05, 3.63) is 29.8 Å². The summed E-state index contributed by atoms with van der Waals surface area (Å²) in [6.45, 7) is 6.16. The summed E-state index contributed by atoms with van der Waals surface area (Å²) < 4.78 is 5.80. The van der Waals surface area contributed by atoms with Crippen molar-refractivity contribution in [1.82, 2.24) is 9.80 Å². The number of carbonyl (C=O) groups excluding carboxylic acids is 2. The fourth-order valence-electron chi connectivity index (χ4n) is 3.81. The zero-order valence-corrected chi connectivity index (χ0v) is 15.8. The van der Waals surface area contributed by atoms with Crippen molar-refractivity contribution in [3.63, 3.8) is 0 Å². The Balaban J connectivity index is 1.41. The van der Waals surface area contributed by atoms with Crippen LogP contribution in [0.1, 0.15) is 55.8 Å². The van der Waals surface area contributed by atoms with Gasteiger partial charge in [-0.3, -0.25) is 9.59 Å². The third kappa shape index (κ3) is 5.07. The molecule has 2 fully saturated rings. The van der Waals surface area contributed by atoms with Gasteiger partial charge in [0.05, 0.1) is 13.2 Å². The molecule has 0 bridgehead atoms. The van der Waals surface area contributed by atoms with Crippen LogP contribution in [0.4, 0.5) is 0 Å². The van der Waals surface area contributed by atoms with E-state index in [0.717, 1.165) is 31.6 Å². The maximum atomic E-state index is 12.4. The van der Waals surface area contributed by atoms with Gasteiger partial charge in [0.2, 0.25) is 5.91 Å². The Morgan fingerprint density at radius 1 is 1.15 bits per heavy atom. The van der Waals surface area contributed by atoms with Crippen LogP contribution in [0.5, 0.6) is 5.75 Å². The van der Waals surface area contributed by atoms with Crippen LogP contribution in [0, 0.1) is 0 Å². The zero-order chi connectivity index (χ0) is 18.4. The number of ketones is 1. The van der Waals surface area contributed by atoms with Crippen molar-refractivity contribution in [3.8, 4) is 5.75 Å². The van der Waals surface area contributed by atoms with E-state index in [9.17, 15) is 9.59 Å². The van der Waals surface area contributed by atoms with Crippen molar-refractivity contribution in [2.24, 2.45) is 0 Å². The van der Waals surface area contributed by atoms with E-state index >= 15 is 0 Å². The molecule has 5 nitrogen and oxygen atoms in total. The van der Waals surface area contributed by atoms with Gasteiger partial charge in [0.15, 0.2) is 5.78 Å². The molecule has 0 saturated carbocycles. The van der Waals surface area contributed by atoms with Gasteiger partial charge in [-0.2, -0.15) is 0 Å². The largest absolute Gasteiger partial charge is 0.494 e. The molecule has 3 rings (SSSR count). The lowest BCUT2D eigenvalue weighted by molar-refractivity contribution is -0.132. The predicted molar refractivity (Wildman–Crippen MR) is 102 cm³/mol. The number of hydrogen-bond acceptors (Lipinski definition) is 4. The SMILES string of the molecule is CC1CCCN1CCCOc1ccc(C(=O)CN2CCCCC2=O)cc1. The first kappa shape index (κ1) is 18.9. The van der Waals surface area contributed by atoms with Crippen LogP contribution in [-0.4, -0.2) is 60.3 Å². The average molecular weight is 358 g/mol. The van der Waals surface area contributed by atoms with Crippen LogP contribution >= 0.6 is 0 Å². The molecule has 1 unspecified atom stereocenters. The number of nitrogens with zero attached hydrogens (tertiary/aromatic N) is 2. The van der Waals surface area contributed by atoms with Crippen LogP contribution in [0.2, 0.25) is 0 Å². The molecule has 1 amide bonds. The number of rotatable bonds is 8. The summed E-state index contributed by atoms with van der Waals surface area (Å²) in [7, 11) is 0. The van der Waals surface area contributed by atoms with Crippen LogP contribution in [0.15, 0.2) is 24.3 Å². The van der Waals surface area contributed by atoms with Gasteiger partial charge < -0.3 is 14.5 Å². The van der Waals surface area contributed by atoms with E-state index in [1.54, 1.807) is 17.0 Å². The third-order valence-corrected chi connectivity index (χ3v) is 5.48. The van der Waals surface area contributed by atoms with Crippen LogP contribution < -0.4 is 4.74 Å². The minimum atomic E-state index is -0.00480. The molecule has 2 saturated heterocycles. The predicted octanol–water partition coefficient (Wildman–Crippen LogP) is 3.14. The first-order chi connectivity index (χ1) is 12.6. The number of amides is 1. The van der Waals surface area contributed by atoms with Crippen molar-refractivity contribution in [2.75, 3.05) is 32.8 Å². The standard InChI is InChI=1S/C21H30N2O3/c1-17-6-4-13-22(17)14-5-15-26-19-10-8-18(9-11-19)20(24)16-23-12-3-2-7-21(23)25/h8-11,17H,2-7,12-16H2,1H3. The van der Waals surface area contributed by atoms with Crippen molar-refractivity contribution >= 4 is 11.7 Å². The normalized spacial score (nSPS) is 21.2. The summed E-state index contributed by atoms with van der Waals surface area (Å²) in [5.74, 6) is 0.886. The second-order valence-corrected chi connectivity index (χ2v) is 7.45. The number of hydrogen-bond donors (Lipinski definition) is 0. The van der Waals surface area contributed by atoms with Gasteiger partial charge in [-0.1, -0.05) is 0 Å². The number of ether oxygens (including phenoxy) is 1. The molecule has 1 atom stereocenters. The summed E-state index contributed by atoms with van der Waals surface area (Å²) in [6.07, 6.45) is 6.12. The highest BCUT2D eigenvalue weighted by Gasteiger charge is 2.21. The summed E-state index contributed by atoms with van der Waals surface area (Å²) in [4.78, 5) is 28.4. The number of piperidine rings is 1. The fourth-order valence-corrected chi connectivity index (χ4v) is 3.81. The van der Waals surface area contributed by atoms with E-state index in [-0.39, 0.29) is 18.2 Å². The molecule has 2 aliphatic heterocycles. The Labute approximate surface area is 156 Å². The van der Waals surface area contributed by atoms with Crippen molar-refractivity contribution in [2.45, 2.75) is 51.5 Å². The number of benzene rings is 1. The van der Waals surface area contributed by atoms with E-state index < -0.39 is 0 Å². The van der Waals surface area contributed by atoms with Crippen LogP contribution in [0.25, 0.3) is 0 Å². The molecule has 142 valence electrons. The molecule has 26 heavy (non-hydrogen) atoms. The van der Waals surface area contributed by atoms with E-state index in [0.29, 0.717) is 31.2 Å². The van der Waals surface area contributed by atoms with E-state index in [1.807, 2.05) is 12.1 Å². The van der Waals surface area contributed by atoms with E-state index in [1.165, 1.54) is 19.4 Å². The monoisotopic (exact) mass is 358 g/mol. The maximum Gasteiger partial charge on any atom is 0.222 e. The lowest BCUT2D eigenvalue weighted by Crippen LogP contribution is -2.39. The molecule has 0 spiro atoms. The Hall–Kier alpha value is -1.88. The molecule has 2 heterocycles. The minimum absolute atomic E-state index is 0.00480. The molecule has 0 N–H and O–H groups in total. The number of carbonyl (C=O) groups is 2. The summed E-state index contributed by atoms with van der Waals surface area (Å²) in [6, 6.07) is 8.00. The molecule has 5 heteroatoms. The van der Waals surface area contributed by atoms with Gasteiger partial charge in [0.25, 0.3) is 0 Å². The molecule has 1 aromatic rings. The quantitative estimate of drug-likeness (QED) is 0.529. The van der Waals surface area contributed by atoms with Gasteiger partial charge in [-0.05, 0) is 69.8 Å². The number of likely N-dealkylation sites (tertiary alicyclic amines) is 2. The smallest absolute Gasteiger partial charge is 0.222 e. The van der Waals surface area contributed by atoms with Gasteiger partial charge in [-0.25, -0.2) is 0 Å². The highest BCUT2D eigenvalue weighted by atomic mass is 16.5. The molecule has 0 aliphatic carbocycles. The lowest BCUT2D eigenvalue weighted by atomic mass is 10.1. The molecular formula is C21H30N2O3. The first-order valence-corrected chi connectivity index (χ1v) is 9.91. The summed E-state index contributed by atoms with van der Waals surface area (Å²) in [5, 5.41) is 0. The Kier molecular flexibility index (Phi) is 6.67. The third-order valence-electron chi connectivity index (χ3n) is 5.48. The Morgan fingerprint density at radius 2 is 1.96 bits per heavy atom. The average Bonchev–Trinajstić information content (AvgIpc) is 3.06. The lowest BCUT2D eigenvalue weighted by Gasteiger charge is -2.25. The van der Waals surface area contributed by atoms with Gasteiger partial charge in [0, 0.05) is 31.1 Å². The highest BCUT2D eigenvalue weighted by molar-refractivity contribution is 5.99. The van der Waals surface area contributed by atoms with Crippen molar-refractivity contribution < 1.29 is 14.3 Å². The van der Waals surface area contributed by atoms with Crippen molar-refractivity contribution in [1.29, 1.82) is 0 Å². The van der Waals surface area contributed by atoms with Gasteiger partial charge in [0.1, 0.15) is 5.75 Å². The highest BCUT2D eigenvalue weighted by Crippen LogP contribution is 2.18. The topological polar surface area (TPSA) is 49.9 Å². The molecule has 1 aromatic carbocycles. The Morgan fingerprint density at radius 3 is 2.65 bits per heavy atom. The molecular weight excluding hydrogens is 328 g/mol. The van der Waals surface area contributed by atoms with Crippen LogP contribution in [-0.2, 0) is 4.79 Å². The Bertz CT molecular complexity index is 614. The van der Waals surface area contributed by atoms with Gasteiger partial charge in [-0.15, -0.1) is 0 Å². The second-order valence-electron chi connectivity index (χ2n) is 7.45. The summed E-state index contributed by atoms with van der Waals surface area (Å²) >= 11 is 0. The molecule has 0 radical (unpaired) electrons. The first-order valence-electron chi connectivity index (χ1n) is 9.91. The summed E-state index contributed by atoms with van der Waals surface area (Å²) in [5.41, 5.74) is 0.640. The second kappa shape index (κ2) is 9.17. The molecule has 0 aromatic heterocycles. The van der Waals surface area contributed by atoms with E-state index in [2.05, 4.69) is 11.8 Å². The minimum Gasteiger partial charge on any atom is -0.494 e. The zero-order valence-electron chi connectivity index (χ0n) is 15.8. The number of Topliss-reactive ketones (excluding diaryl/α,β-unsaturated/α-hetero) is 1. The molecule has 2 aliphatic rings. The van der Waals surface area contributed by atoms with E-state index in [4.69, 9.17) is 4.74 Å². The maximum absolute atomic E-state index is 12.4.